The summed E-state index contributed by atoms with van der Waals surface area (Å²) in [4.78, 5) is 20.2. The molecule has 0 bridgehead atoms. The van der Waals surface area contributed by atoms with Gasteiger partial charge in [0.15, 0.2) is 12.2 Å². The van der Waals surface area contributed by atoms with E-state index in [0.717, 1.165) is 5.56 Å². The number of ether oxygens (including phenoxy) is 1. The fourth-order valence-electron chi connectivity index (χ4n) is 2.11. The predicted molar refractivity (Wildman–Crippen MR) is 89.9 cm³/mol. The van der Waals surface area contributed by atoms with Crippen LogP contribution < -0.4 is 10.1 Å². The Bertz CT molecular complexity index is 795. The van der Waals surface area contributed by atoms with E-state index >= 15 is 0 Å². The number of nitrogens with zero attached hydrogens (tertiary/aromatic N) is 2. The summed E-state index contributed by atoms with van der Waals surface area (Å²) >= 11 is 0. The maximum absolute atomic E-state index is 12.2. The molecular weight excluding hydrogens is 306 g/mol. The molecule has 24 heavy (non-hydrogen) atoms. The van der Waals surface area contributed by atoms with E-state index in [9.17, 15) is 4.79 Å². The summed E-state index contributed by atoms with van der Waals surface area (Å²) in [6.07, 6.45) is 4.56. The molecule has 6 heteroatoms. The van der Waals surface area contributed by atoms with Gasteiger partial charge in [-0.2, -0.15) is 0 Å². The zero-order chi connectivity index (χ0) is 16.9. The minimum absolute atomic E-state index is 0.0417. The van der Waals surface area contributed by atoms with Crippen molar-refractivity contribution in [3.63, 3.8) is 0 Å². The number of benzene rings is 1. The van der Waals surface area contributed by atoms with Gasteiger partial charge in [-0.15, -0.1) is 0 Å². The smallest absolute Gasteiger partial charge is 0.257 e. The van der Waals surface area contributed by atoms with Crippen LogP contribution in [-0.4, -0.2) is 22.0 Å². The highest BCUT2D eigenvalue weighted by molar-refractivity contribution is 6.04. The summed E-state index contributed by atoms with van der Waals surface area (Å²) in [6.45, 7) is 3.84. The van der Waals surface area contributed by atoms with Gasteiger partial charge in [0, 0.05) is 23.5 Å². The van der Waals surface area contributed by atoms with Crippen LogP contribution in [-0.2, 0) is 0 Å². The fraction of sp³-hybridized carbons (Fsp3) is 0.167. The van der Waals surface area contributed by atoms with Crippen molar-refractivity contribution in [3.8, 4) is 17.2 Å². The average molecular weight is 323 g/mol. The standard InChI is InChI=1S/C18H17N3O3/c1-12(2)24-17-8-5-14(9-20-17)18(22)21-15-6-3-13(4-7-15)16-10-19-11-23-16/h3-12H,1-2H3,(H,21,22). The summed E-state index contributed by atoms with van der Waals surface area (Å²) < 4.78 is 10.7. The molecule has 0 saturated heterocycles. The first kappa shape index (κ1) is 15.7. The monoisotopic (exact) mass is 323 g/mol. The summed E-state index contributed by atoms with van der Waals surface area (Å²) in [6, 6.07) is 10.7. The molecular formula is C18H17N3O3. The lowest BCUT2D eigenvalue weighted by Gasteiger charge is -2.09. The summed E-state index contributed by atoms with van der Waals surface area (Å²) in [5.74, 6) is 0.946. The molecule has 0 aliphatic carbocycles. The van der Waals surface area contributed by atoms with E-state index in [0.29, 0.717) is 22.9 Å². The van der Waals surface area contributed by atoms with Crippen LogP contribution in [0.15, 0.2) is 59.6 Å². The van der Waals surface area contributed by atoms with E-state index in [2.05, 4.69) is 15.3 Å². The average Bonchev–Trinajstić information content (AvgIpc) is 3.10. The van der Waals surface area contributed by atoms with Crippen LogP contribution in [0.3, 0.4) is 0 Å². The van der Waals surface area contributed by atoms with E-state index < -0.39 is 0 Å². The van der Waals surface area contributed by atoms with Crippen molar-refractivity contribution in [3.05, 3.63) is 60.7 Å². The summed E-state index contributed by atoms with van der Waals surface area (Å²) in [5.41, 5.74) is 2.04. The number of aromatic nitrogens is 2. The zero-order valence-corrected chi connectivity index (χ0v) is 13.4. The van der Waals surface area contributed by atoms with E-state index in [1.54, 1.807) is 30.5 Å². The Labute approximate surface area is 139 Å². The second kappa shape index (κ2) is 6.95. The third-order valence-corrected chi connectivity index (χ3v) is 3.21. The number of hydrogen-bond donors (Lipinski definition) is 1. The van der Waals surface area contributed by atoms with Crippen molar-refractivity contribution in [1.29, 1.82) is 0 Å². The number of carbonyl (C=O) groups is 1. The van der Waals surface area contributed by atoms with E-state index in [1.807, 2.05) is 26.0 Å². The van der Waals surface area contributed by atoms with Crippen LogP contribution in [0.5, 0.6) is 5.88 Å². The summed E-state index contributed by atoms with van der Waals surface area (Å²) in [7, 11) is 0. The number of rotatable bonds is 5. The van der Waals surface area contributed by atoms with E-state index in [-0.39, 0.29) is 12.0 Å². The van der Waals surface area contributed by atoms with Gasteiger partial charge in [0.25, 0.3) is 5.91 Å². The van der Waals surface area contributed by atoms with E-state index in [4.69, 9.17) is 9.15 Å². The van der Waals surface area contributed by atoms with Gasteiger partial charge in [0.1, 0.15) is 0 Å². The first-order valence-corrected chi connectivity index (χ1v) is 7.55. The molecule has 0 fully saturated rings. The zero-order valence-electron chi connectivity index (χ0n) is 13.4. The molecule has 1 amide bonds. The van der Waals surface area contributed by atoms with Crippen LogP contribution in [0.1, 0.15) is 24.2 Å². The van der Waals surface area contributed by atoms with Gasteiger partial charge in [0.2, 0.25) is 5.88 Å². The third kappa shape index (κ3) is 3.78. The molecule has 2 heterocycles. The molecule has 2 aromatic heterocycles. The van der Waals surface area contributed by atoms with Crippen molar-refractivity contribution >= 4 is 11.6 Å². The highest BCUT2D eigenvalue weighted by atomic mass is 16.5. The van der Waals surface area contributed by atoms with Crippen molar-refractivity contribution in [2.45, 2.75) is 20.0 Å². The minimum Gasteiger partial charge on any atom is -0.475 e. The quantitative estimate of drug-likeness (QED) is 0.773. The van der Waals surface area contributed by atoms with Crippen LogP contribution in [0.2, 0.25) is 0 Å². The van der Waals surface area contributed by atoms with Crippen molar-refractivity contribution in [2.75, 3.05) is 5.32 Å². The maximum atomic E-state index is 12.2. The number of hydrogen-bond acceptors (Lipinski definition) is 5. The Morgan fingerprint density at radius 1 is 1.12 bits per heavy atom. The van der Waals surface area contributed by atoms with Crippen LogP contribution in [0.25, 0.3) is 11.3 Å². The first-order valence-electron chi connectivity index (χ1n) is 7.55. The van der Waals surface area contributed by atoms with Gasteiger partial charge in [-0.25, -0.2) is 9.97 Å². The van der Waals surface area contributed by atoms with Gasteiger partial charge in [0.05, 0.1) is 17.9 Å². The topological polar surface area (TPSA) is 77.2 Å². The normalized spacial score (nSPS) is 10.6. The van der Waals surface area contributed by atoms with Crippen molar-refractivity contribution in [1.82, 2.24) is 9.97 Å². The minimum atomic E-state index is -0.231. The number of pyridine rings is 1. The molecule has 1 aromatic carbocycles. The van der Waals surface area contributed by atoms with Gasteiger partial charge in [-0.05, 0) is 44.2 Å². The van der Waals surface area contributed by atoms with Crippen molar-refractivity contribution < 1.29 is 13.9 Å². The van der Waals surface area contributed by atoms with Gasteiger partial charge in [-0.3, -0.25) is 4.79 Å². The van der Waals surface area contributed by atoms with Gasteiger partial charge >= 0.3 is 0 Å². The highest BCUT2D eigenvalue weighted by Crippen LogP contribution is 2.21. The number of anilines is 1. The van der Waals surface area contributed by atoms with Gasteiger partial charge < -0.3 is 14.5 Å². The molecule has 1 N–H and O–H groups in total. The Kier molecular flexibility index (Phi) is 4.56. The molecule has 0 saturated carbocycles. The van der Waals surface area contributed by atoms with E-state index in [1.165, 1.54) is 12.6 Å². The second-order valence-electron chi connectivity index (χ2n) is 5.45. The molecule has 0 spiro atoms. The molecule has 0 unspecified atom stereocenters. The highest BCUT2D eigenvalue weighted by Gasteiger charge is 2.08. The number of nitrogens with one attached hydrogen (secondary N) is 1. The Morgan fingerprint density at radius 2 is 1.92 bits per heavy atom. The summed E-state index contributed by atoms with van der Waals surface area (Å²) in [5, 5.41) is 2.82. The van der Waals surface area contributed by atoms with Gasteiger partial charge in [-0.1, -0.05) is 0 Å². The Morgan fingerprint density at radius 3 is 2.50 bits per heavy atom. The second-order valence-corrected chi connectivity index (χ2v) is 5.45. The number of carbonyl (C=O) groups excluding carboxylic acids is 1. The maximum Gasteiger partial charge on any atom is 0.257 e. The molecule has 0 radical (unpaired) electrons. The number of amides is 1. The van der Waals surface area contributed by atoms with Crippen LogP contribution in [0, 0.1) is 0 Å². The van der Waals surface area contributed by atoms with Crippen molar-refractivity contribution in [2.24, 2.45) is 0 Å². The van der Waals surface area contributed by atoms with Crippen LogP contribution >= 0.6 is 0 Å². The molecule has 122 valence electrons. The van der Waals surface area contributed by atoms with Crippen LogP contribution in [0.4, 0.5) is 5.69 Å². The lowest BCUT2D eigenvalue weighted by atomic mass is 10.1. The lowest BCUT2D eigenvalue weighted by Crippen LogP contribution is -2.13. The molecule has 3 rings (SSSR count). The Hall–Kier alpha value is -3.15. The molecule has 0 aliphatic heterocycles. The number of oxazole rings is 1. The third-order valence-electron chi connectivity index (χ3n) is 3.21. The predicted octanol–water partition coefficient (Wildman–Crippen LogP) is 3.78. The molecule has 0 aliphatic rings. The SMILES string of the molecule is CC(C)Oc1ccc(C(=O)Nc2ccc(-c3cnco3)cc2)cn1. The molecule has 0 atom stereocenters. The molecule has 6 nitrogen and oxygen atoms in total. The molecule has 3 aromatic rings. The fourth-order valence-corrected chi connectivity index (χ4v) is 2.11. The first-order chi connectivity index (χ1) is 11.6. The lowest BCUT2D eigenvalue weighted by molar-refractivity contribution is 0.102. The Balaban J connectivity index is 1.66. The largest absolute Gasteiger partial charge is 0.475 e.